The fourth-order valence-corrected chi connectivity index (χ4v) is 7.30. The molecule has 0 rings (SSSR count). The van der Waals surface area contributed by atoms with Crippen LogP contribution in [-0.4, -0.2) is 37.2 Å². The summed E-state index contributed by atoms with van der Waals surface area (Å²) < 4.78 is 16.8. The summed E-state index contributed by atoms with van der Waals surface area (Å²) in [7, 11) is 0. The topological polar surface area (TPSA) is 78.9 Å². The van der Waals surface area contributed by atoms with E-state index in [1.54, 1.807) is 0 Å². The molecule has 0 aliphatic heterocycles. The Morgan fingerprint density at radius 2 is 0.562 bits per heavy atom. The van der Waals surface area contributed by atoms with Gasteiger partial charge in [0.15, 0.2) is 6.10 Å². The number of esters is 3. The minimum atomic E-state index is -0.804. The van der Waals surface area contributed by atoms with Gasteiger partial charge in [-0.1, -0.05) is 196 Å². The SMILES string of the molecule is CCCCC/C=C\C/C=C\C/C=C\CCCCC(=O)O[C@H](COC(=O)CCCCCCC/C=C\C/C=C\CCCCC)COC(=O)CCCCCCC/C=C\CCCCCCCCC. The highest BCUT2D eigenvalue weighted by molar-refractivity contribution is 5.71. The third-order valence-corrected chi connectivity index (χ3v) is 11.4. The molecule has 0 unspecified atom stereocenters. The molecule has 64 heavy (non-hydrogen) atoms. The standard InChI is InChI=1S/C58H100O6/c1-4-7-10-13-16-19-22-25-28-31-33-36-39-42-45-48-51-57(60)63-54-55(64-58(61)52-49-46-43-40-37-34-30-27-24-21-18-15-12-9-6-3)53-62-56(59)50-47-44-41-38-35-32-29-26-23-20-17-14-11-8-5-2/h17-18,20-21,26-31,37,40,55H,4-16,19,22-25,32-36,38-39,41-54H2,1-3H3/b20-17-,21-18-,29-26-,30-27-,31-28-,40-37-/t55-/m1/s1. The average molecular weight is 893 g/mol. The molecule has 6 heteroatoms. The van der Waals surface area contributed by atoms with Gasteiger partial charge < -0.3 is 14.2 Å². The first kappa shape index (κ1) is 60.9. The maximum absolute atomic E-state index is 12.8. The van der Waals surface area contributed by atoms with E-state index in [1.807, 2.05) is 0 Å². The molecule has 6 nitrogen and oxygen atoms in total. The van der Waals surface area contributed by atoms with Crippen LogP contribution >= 0.6 is 0 Å². The predicted octanol–water partition coefficient (Wildman–Crippen LogP) is 17.8. The van der Waals surface area contributed by atoms with Crippen LogP contribution in [0.15, 0.2) is 72.9 Å². The molecule has 0 fully saturated rings. The van der Waals surface area contributed by atoms with Crippen LogP contribution in [0.4, 0.5) is 0 Å². The Bertz CT molecular complexity index is 1210. The van der Waals surface area contributed by atoms with Gasteiger partial charge in [-0.2, -0.15) is 0 Å². The number of allylic oxidation sites excluding steroid dienone is 12. The normalized spacial score (nSPS) is 12.6. The molecule has 0 saturated carbocycles. The second-order valence-corrected chi connectivity index (χ2v) is 17.8. The van der Waals surface area contributed by atoms with E-state index in [-0.39, 0.29) is 37.5 Å². The first-order chi connectivity index (χ1) is 31.5. The zero-order valence-electron chi connectivity index (χ0n) is 42.0. The Balaban J connectivity index is 4.48. The summed E-state index contributed by atoms with van der Waals surface area (Å²) in [5.41, 5.74) is 0. The number of carbonyl (C=O) groups is 3. The van der Waals surface area contributed by atoms with Crippen LogP contribution < -0.4 is 0 Å². The molecule has 0 radical (unpaired) electrons. The van der Waals surface area contributed by atoms with E-state index in [0.29, 0.717) is 19.3 Å². The fraction of sp³-hybridized carbons (Fsp3) is 0.741. The van der Waals surface area contributed by atoms with Gasteiger partial charge in [-0.3, -0.25) is 14.4 Å². The summed E-state index contributed by atoms with van der Waals surface area (Å²) in [6, 6.07) is 0. The summed E-state index contributed by atoms with van der Waals surface area (Å²) in [4.78, 5) is 38.0. The molecule has 0 bridgehead atoms. The number of carbonyl (C=O) groups excluding carboxylic acids is 3. The summed E-state index contributed by atoms with van der Waals surface area (Å²) in [5, 5.41) is 0. The number of hydrogen-bond donors (Lipinski definition) is 0. The van der Waals surface area contributed by atoms with Gasteiger partial charge in [0.25, 0.3) is 0 Å². The lowest BCUT2D eigenvalue weighted by atomic mass is 10.1. The smallest absolute Gasteiger partial charge is 0.306 e. The zero-order valence-corrected chi connectivity index (χ0v) is 42.0. The lowest BCUT2D eigenvalue weighted by Gasteiger charge is -2.18. The minimum absolute atomic E-state index is 0.0996. The quantitative estimate of drug-likeness (QED) is 0.0262. The van der Waals surface area contributed by atoms with Crippen LogP contribution in [0.25, 0.3) is 0 Å². The van der Waals surface area contributed by atoms with Crippen molar-refractivity contribution in [2.75, 3.05) is 13.2 Å². The molecule has 0 aromatic rings. The third-order valence-electron chi connectivity index (χ3n) is 11.4. The van der Waals surface area contributed by atoms with E-state index in [9.17, 15) is 14.4 Å². The minimum Gasteiger partial charge on any atom is -0.462 e. The highest BCUT2D eigenvalue weighted by Crippen LogP contribution is 2.13. The van der Waals surface area contributed by atoms with Crippen molar-refractivity contribution in [1.82, 2.24) is 0 Å². The number of unbranched alkanes of at least 4 members (excludes halogenated alkanes) is 25. The van der Waals surface area contributed by atoms with Gasteiger partial charge in [0.1, 0.15) is 13.2 Å². The van der Waals surface area contributed by atoms with Crippen LogP contribution in [0.5, 0.6) is 0 Å². The molecule has 0 aromatic heterocycles. The van der Waals surface area contributed by atoms with Crippen molar-refractivity contribution in [1.29, 1.82) is 0 Å². The van der Waals surface area contributed by atoms with E-state index in [4.69, 9.17) is 14.2 Å². The molecule has 368 valence electrons. The Labute approximate surface area is 395 Å². The van der Waals surface area contributed by atoms with Crippen molar-refractivity contribution in [2.45, 2.75) is 264 Å². The van der Waals surface area contributed by atoms with Crippen molar-refractivity contribution >= 4 is 17.9 Å². The maximum Gasteiger partial charge on any atom is 0.306 e. The molecule has 1 atom stereocenters. The molecule has 0 N–H and O–H groups in total. The first-order valence-corrected chi connectivity index (χ1v) is 26.9. The lowest BCUT2D eigenvalue weighted by Crippen LogP contribution is -2.30. The summed E-state index contributed by atoms with van der Waals surface area (Å²) >= 11 is 0. The Morgan fingerprint density at radius 1 is 0.312 bits per heavy atom. The van der Waals surface area contributed by atoms with Crippen molar-refractivity contribution < 1.29 is 28.6 Å². The van der Waals surface area contributed by atoms with Crippen molar-refractivity contribution in [3.05, 3.63) is 72.9 Å². The lowest BCUT2D eigenvalue weighted by molar-refractivity contribution is -0.167. The van der Waals surface area contributed by atoms with E-state index in [1.165, 1.54) is 116 Å². The van der Waals surface area contributed by atoms with Crippen LogP contribution in [-0.2, 0) is 28.6 Å². The zero-order chi connectivity index (χ0) is 46.5. The van der Waals surface area contributed by atoms with Crippen molar-refractivity contribution in [3.63, 3.8) is 0 Å². The Hall–Kier alpha value is -3.15. The second-order valence-electron chi connectivity index (χ2n) is 17.8. The maximum atomic E-state index is 12.8. The van der Waals surface area contributed by atoms with E-state index in [2.05, 4.69) is 93.7 Å². The molecular weight excluding hydrogens is 793 g/mol. The van der Waals surface area contributed by atoms with Gasteiger partial charge in [0, 0.05) is 19.3 Å². The fourth-order valence-electron chi connectivity index (χ4n) is 7.30. The van der Waals surface area contributed by atoms with E-state index >= 15 is 0 Å². The molecule has 0 aromatic carbocycles. The van der Waals surface area contributed by atoms with Gasteiger partial charge in [-0.05, 0) is 116 Å². The van der Waals surface area contributed by atoms with Crippen molar-refractivity contribution in [3.8, 4) is 0 Å². The highest BCUT2D eigenvalue weighted by Gasteiger charge is 2.19. The molecule has 0 aliphatic rings. The number of rotatable bonds is 48. The molecular formula is C58H100O6. The van der Waals surface area contributed by atoms with Gasteiger partial charge in [-0.25, -0.2) is 0 Å². The summed E-state index contributed by atoms with van der Waals surface area (Å²) in [6.45, 7) is 6.53. The highest BCUT2D eigenvalue weighted by atomic mass is 16.6. The first-order valence-electron chi connectivity index (χ1n) is 26.9. The van der Waals surface area contributed by atoms with Crippen LogP contribution in [0.1, 0.15) is 258 Å². The van der Waals surface area contributed by atoms with E-state index < -0.39 is 6.10 Å². The van der Waals surface area contributed by atoms with E-state index in [0.717, 1.165) is 96.3 Å². The predicted molar refractivity (Wildman–Crippen MR) is 274 cm³/mol. The molecule has 0 aliphatic carbocycles. The molecule has 0 heterocycles. The van der Waals surface area contributed by atoms with Gasteiger partial charge in [-0.15, -0.1) is 0 Å². The largest absolute Gasteiger partial charge is 0.462 e. The van der Waals surface area contributed by atoms with Gasteiger partial charge >= 0.3 is 17.9 Å². The monoisotopic (exact) mass is 893 g/mol. The third kappa shape index (κ3) is 49.9. The van der Waals surface area contributed by atoms with Crippen molar-refractivity contribution in [2.24, 2.45) is 0 Å². The Morgan fingerprint density at radius 3 is 0.953 bits per heavy atom. The van der Waals surface area contributed by atoms with Gasteiger partial charge in [0.05, 0.1) is 0 Å². The number of ether oxygens (including phenoxy) is 3. The van der Waals surface area contributed by atoms with Gasteiger partial charge in [0.2, 0.25) is 0 Å². The van der Waals surface area contributed by atoms with Crippen LogP contribution in [0, 0.1) is 0 Å². The number of hydrogen-bond acceptors (Lipinski definition) is 6. The molecule has 0 saturated heterocycles. The second kappa shape index (κ2) is 52.5. The van der Waals surface area contributed by atoms with Crippen LogP contribution in [0.3, 0.4) is 0 Å². The summed E-state index contributed by atoms with van der Waals surface area (Å²) in [6.07, 6.45) is 66.0. The van der Waals surface area contributed by atoms with Crippen LogP contribution in [0.2, 0.25) is 0 Å². The molecule has 0 spiro atoms. The molecule has 0 amide bonds. The summed E-state index contributed by atoms with van der Waals surface area (Å²) in [5.74, 6) is -0.957. The average Bonchev–Trinajstić information content (AvgIpc) is 3.29. The Kier molecular flexibility index (Phi) is 49.9.